The van der Waals surface area contributed by atoms with Crippen molar-refractivity contribution in [2.45, 2.75) is 44.4 Å². The maximum absolute atomic E-state index is 13.2. The van der Waals surface area contributed by atoms with Crippen LogP contribution in [0.5, 0.6) is 0 Å². The second kappa shape index (κ2) is 7.83. The van der Waals surface area contributed by atoms with Crippen LogP contribution in [0, 0.1) is 0 Å². The molecule has 0 radical (unpaired) electrons. The summed E-state index contributed by atoms with van der Waals surface area (Å²) in [4.78, 5) is 15.4. The van der Waals surface area contributed by atoms with E-state index in [2.05, 4.69) is 29.2 Å². The van der Waals surface area contributed by atoms with Crippen LogP contribution in [0.15, 0.2) is 60.7 Å². The molecule has 3 atom stereocenters. The van der Waals surface area contributed by atoms with Crippen LogP contribution in [0.1, 0.15) is 37.9 Å². The van der Waals surface area contributed by atoms with Crippen LogP contribution >= 0.6 is 0 Å². The maximum atomic E-state index is 13.2. The van der Waals surface area contributed by atoms with Gasteiger partial charge in [0.05, 0.1) is 12.6 Å². The van der Waals surface area contributed by atoms with Gasteiger partial charge in [-0.25, -0.2) is 4.79 Å². The van der Waals surface area contributed by atoms with E-state index in [1.807, 2.05) is 57.2 Å². The van der Waals surface area contributed by atoms with Gasteiger partial charge in [-0.15, -0.1) is 0 Å². The molecule has 1 fully saturated rings. The van der Waals surface area contributed by atoms with Crippen molar-refractivity contribution in [3.63, 3.8) is 0 Å². The van der Waals surface area contributed by atoms with E-state index in [0.717, 1.165) is 11.1 Å². The van der Waals surface area contributed by atoms with Crippen LogP contribution in [0.2, 0.25) is 0 Å². The van der Waals surface area contributed by atoms with Gasteiger partial charge >= 0.3 is 5.97 Å². The Labute approximate surface area is 162 Å². The molecule has 1 aliphatic rings. The Morgan fingerprint density at radius 1 is 1.07 bits per heavy atom. The van der Waals surface area contributed by atoms with Crippen molar-refractivity contribution in [3.05, 3.63) is 71.8 Å². The summed E-state index contributed by atoms with van der Waals surface area (Å²) in [6.45, 7) is 6.94. The van der Waals surface area contributed by atoms with Crippen LogP contribution in [0.4, 0.5) is 0 Å². The minimum Gasteiger partial charge on any atom is -0.459 e. The third-order valence-electron chi connectivity index (χ3n) is 4.88. The molecular formula is C23H29NO3. The van der Waals surface area contributed by atoms with Gasteiger partial charge < -0.3 is 9.47 Å². The smallest absolute Gasteiger partial charge is 0.328 e. The predicted octanol–water partition coefficient (Wildman–Crippen LogP) is 4.01. The summed E-state index contributed by atoms with van der Waals surface area (Å²) < 4.78 is 11.3. The maximum Gasteiger partial charge on any atom is 0.328 e. The second-order valence-electron chi connectivity index (χ2n) is 8.21. The van der Waals surface area contributed by atoms with Crippen LogP contribution < -0.4 is 0 Å². The van der Waals surface area contributed by atoms with Gasteiger partial charge in [-0.2, -0.15) is 0 Å². The van der Waals surface area contributed by atoms with Crippen molar-refractivity contribution < 1.29 is 14.3 Å². The van der Waals surface area contributed by atoms with Gasteiger partial charge in [0.2, 0.25) is 0 Å². The van der Waals surface area contributed by atoms with E-state index in [1.165, 1.54) is 0 Å². The van der Waals surface area contributed by atoms with Gasteiger partial charge in [-0.05, 0) is 31.9 Å². The highest BCUT2D eigenvalue weighted by molar-refractivity contribution is 5.85. The molecular weight excluding hydrogens is 338 g/mol. The largest absolute Gasteiger partial charge is 0.459 e. The Bertz CT molecular complexity index is 754. The van der Waals surface area contributed by atoms with Crippen molar-refractivity contribution in [2.75, 3.05) is 20.3 Å². The lowest BCUT2D eigenvalue weighted by molar-refractivity contribution is -0.160. The number of ether oxygens (including phenoxy) is 2. The lowest BCUT2D eigenvalue weighted by Gasteiger charge is -2.27. The van der Waals surface area contributed by atoms with Crippen LogP contribution in [0.3, 0.4) is 0 Å². The SMILES string of the molecule is COC[C@@H](c1ccccc1)N1C[C@@]1(Cc1ccccc1)C(=O)OC(C)(C)C. The monoisotopic (exact) mass is 367 g/mol. The fourth-order valence-electron chi connectivity index (χ4n) is 3.57. The summed E-state index contributed by atoms with van der Waals surface area (Å²) in [5, 5.41) is 0. The molecule has 27 heavy (non-hydrogen) atoms. The average Bonchev–Trinajstić information content (AvgIpc) is 3.35. The van der Waals surface area contributed by atoms with Crippen molar-refractivity contribution in [1.29, 1.82) is 0 Å². The van der Waals surface area contributed by atoms with E-state index < -0.39 is 11.1 Å². The Hall–Kier alpha value is -2.17. The van der Waals surface area contributed by atoms with E-state index in [0.29, 0.717) is 19.6 Å². The zero-order valence-electron chi connectivity index (χ0n) is 16.6. The molecule has 0 bridgehead atoms. The fraction of sp³-hybridized carbons (Fsp3) is 0.435. The molecule has 1 unspecified atom stereocenters. The molecule has 2 aromatic carbocycles. The van der Waals surface area contributed by atoms with Gasteiger partial charge in [0.15, 0.2) is 0 Å². The molecule has 3 rings (SSSR count). The Balaban J connectivity index is 1.90. The summed E-state index contributed by atoms with van der Waals surface area (Å²) in [6.07, 6.45) is 0.635. The van der Waals surface area contributed by atoms with E-state index in [1.54, 1.807) is 7.11 Å². The van der Waals surface area contributed by atoms with E-state index >= 15 is 0 Å². The Kier molecular flexibility index (Phi) is 5.68. The highest BCUT2D eigenvalue weighted by Gasteiger charge is 2.62. The highest BCUT2D eigenvalue weighted by atomic mass is 16.6. The fourth-order valence-corrected chi connectivity index (χ4v) is 3.57. The number of carbonyl (C=O) groups is 1. The topological polar surface area (TPSA) is 38.5 Å². The van der Waals surface area contributed by atoms with E-state index in [4.69, 9.17) is 9.47 Å². The molecule has 0 aliphatic carbocycles. The molecule has 1 saturated heterocycles. The van der Waals surface area contributed by atoms with Crippen LogP contribution in [0.25, 0.3) is 0 Å². The lowest BCUT2D eigenvalue weighted by atomic mass is 9.97. The number of methoxy groups -OCH3 is 1. The normalized spacial score (nSPS) is 22.9. The molecule has 0 aromatic heterocycles. The Morgan fingerprint density at radius 2 is 1.67 bits per heavy atom. The van der Waals surface area contributed by atoms with E-state index in [-0.39, 0.29) is 12.0 Å². The third-order valence-corrected chi connectivity index (χ3v) is 4.88. The molecule has 4 heteroatoms. The summed E-state index contributed by atoms with van der Waals surface area (Å²) in [6, 6.07) is 20.4. The summed E-state index contributed by atoms with van der Waals surface area (Å²) in [5.41, 5.74) is 1.12. The molecule has 2 aromatic rings. The molecule has 144 valence electrons. The zero-order chi connectivity index (χ0) is 19.5. The molecule has 0 saturated carbocycles. The summed E-state index contributed by atoms with van der Waals surface area (Å²) in [7, 11) is 1.70. The molecule has 0 spiro atoms. The summed E-state index contributed by atoms with van der Waals surface area (Å²) >= 11 is 0. The van der Waals surface area contributed by atoms with Crippen molar-refractivity contribution in [3.8, 4) is 0 Å². The Morgan fingerprint density at radius 3 is 2.22 bits per heavy atom. The predicted molar refractivity (Wildman–Crippen MR) is 106 cm³/mol. The number of hydrogen-bond acceptors (Lipinski definition) is 4. The van der Waals surface area contributed by atoms with E-state index in [9.17, 15) is 4.79 Å². The molecule has 4 nitrogen and oxygen atoms in total. The quantitative estimate of drug-likeness (QED) is 0.547. The molecule has 0 N–H and O–H groups in total. The van der Waals surface area contributed by atoms with Crippen molar-refractivity contribution in [2.24, 2.45) is 0 Å². The first-order valence-corrected chi connectivity index (χ1v) is 9.44. The lowest BCUT2D eigenvalue weighted by Crippen LogP contribution is -2.40. The molecule has 0 amide bonds. The van der Waals surface area contributed by atoms with Crippen molar-refractivity contribution >= 4 is 5.97 Å². The summed E-state index contributed by atoms with van der Waals surface area (Å²) in [5.74, 6) is -0.157. The third kappa shape index (κ3) is 4.57. The standard InChI is InChI=1S/C23H29NO3/c1-22(2,3)27-21(25)23(15-18-11-7-5-8-12-18)17-24(23)20(16-26-4)19-13-9-6-10-14-19/h5-14,20H,15-17H2,1-4H3/t20-,23-,24?/m0/s1. The van der Waals surface area contributed by atoms with Crippen LogP contribution in [-0.2, 0) is 20.7 Å². The number of hydrogen-bond donors (Lipinski definition) is 0. The average molecular weight is 367 g/mol. The van der Waals surface area contributed by atoms with Gasteiger partial charge in [0, 0.05) is 20.1 Å². The van der Waals surface area contributed by atoms with Gasteiger partial charge in [0.1, 0.15) is 11.1 Å². The molecule has 1 heterocycles. The van der Waals surface area contributed by atoms with Gasteiger partial charge in [0.25, 0.3) is 0 Å². The zero-order valence-corrected chi connectivity index (χ0v) is 16.6. The van der Waals surface area contributed by atoms with Crippen LogP contribution in [-0.4, -0.2) is 42.3 Å². The molecule has 1 aliphatic heterocycles. The highest BCUT2D eigenvalue weighted by Crippen LogP contribution is 2.45. The number of esters is 1. The number of carbonyl (C=O) groups excluding carboxylic acids is 1. The minimum absolute atomic E-state index is 0.0208. The number of benzene rings is 2. The first-order valence-electron chi connectivity index (χ1n) is 9.44. The number of rotatable bonds is 7. The van der Waals surface area contributed by atoms with Crippen molar-refractivity contribution in [1.82, 2.24) is 4.90 Å². The van der Waals surface area contributed by atoms with Gasteiger partial charge in [-0.3, -0.25) is 4.90 Å². The first kappa shape index (κ1) is 19.6. The minimum atomic E-state index is -0.645. The van der Waals surface area contributed by atoms with Gasteiger partial charge in [-0.1, -0.05) is 60.7 Å². The first-order chi connectivity index (χ1) is 12.9. The second-order valence-corrected chi connectivity index (χ2v) is 8.21. The number of nitrogens with zero attached hydrogens (tertiary/aromatic N) is 1.